The summed E-state index contributed by atoms with van der Waals surface area (Å²) in [4.78, 5) is 24.1. The van der Waals surface area contributed by atoms with Gasteiger partial charge in [0.15, 0.2) is 0 Å². The van der Waals surface area contributed by atoms with Gasteiger partial charge in [-0.05, 0) is 61.8 Å². The Morgan fingerprint density at radius 1 is 1.04 bits per heavy atom. The van der Waals surface area contributed by atoms with Gasteiger partial charge in [-0.3, -0.25) is 4.79 Å². The molecule has 0 aliphatic heterocycles. The fourth-order valence-corrected chi connectivity index (χ4v) is 5.91. The fourth-order valence-electron chi connectivity index (χ4n) is 5.91. The van der Waals surface area contributed by atoms with E-state index in [1.807, 2.05) is 30.3 Å². The molecule has 5 rings (SSSR count). The first-order valence-electron chi connectivity index (χ1n) is 9.43. The first kappa shape index (κ1) is 16.4. The van der Waals surface area contributed by atoms with E-state index in [9.17, 15) is 9.59 Å². The number of benzene rings is 1. The van der Waals surface area contributed by atoms with Crippen molar-refractivity contribution in [2.45, 2.75) is 56.5 Å². The predicted octanol–water partition coefficient (Wildman–Crippen LogP) is 2.87. The molecule has 4 aliphatic carbocycles. The van der Waals surface area contributed by atoms with Crippen molar-refractivity contribution in [3.05, 3.63) is 35.9 Å². The molecule has 4 aliphatic rings. The van der Waals surface area contributed by atoms with E-state index in [0.717, 1.165) is 42.6 Å². The topological polar surface area (TPSA) is 84.2 Å². The number of amides is 3. The molecule has 4 fully saturated rings. The average molecular weight is 341 g/mol. The number of carbonyl (C=O) groups is 2. The number of hydrogen-bond acceptors (Lipinski definition) is 2. The van der Waals surface area contributed by atoms with Gasteiger partial charge in [0, 0.05) is 5.54 Å². The SMILES string of the molecule is NC(=O)NC(CC(=O)NC12CC3CC(CC(C3)C1)C2)c1ccccc1. The van der Waals surface area contributed by atoms with Gasteiger partial charge in [0.05, 0.1) is 12.5 Å². The number of primary amides is 1. The zero-order valence-electron chi connectivity index (χ0n) is 14.5. The van der Waals surface area contributed by atoms with Crippen LogP contribution in [-0.4, -0.2) is 17.5 Å². The smallest absolute Gasteiger partial charge is 0.312 e. The Morgan fingerprint density at radius 3 is 2.12 bits per heavy atom. The van der Waals surface area contributed by atoms with E-state index in [1.54, 1.807) is 0 Å². The second-order valence-corrected chi connectivity index (χ2v) is 8.42. The van der Waals surface area contributed by atoms with Gasteiger partial charge in [-0.15, -0.1) is 0 Å². The molecule has 4 N–H and O–H groups in total. The predicted molar refractivity (Wildman–Crippen MR) is 95.6 cm³/mol. The summed E-state index contributed by atoms with van der Waals surface area (Å²) in [5, 5.41) is 6.08. The summed E-state index contributed by atoms with van der Waals surface area (Å²) >= 11 is 0. The zero-order chi connectivity index (χ0) is 17.4. The van der Waals surface area contributed by atoms with E-state index < -0.39 is 6.03 Å². The van der Waals surface area contributed by atoms with Crippen molar-refractivity contribution in [3.63, 3.8) is 0 Å². The standard InChI is InChI=1S/C20H27N3O2/c21-19(25)22-17(16-4-2-1-3-5-16)9-18(24)23-20-10-13-6-14(11-20)8-15(7-13)12-20/h1-5,13-15,17H,6-12H2,(H,23,24)(H3,21,22,25). The molecule has 1 aromatic rings. The highest BCUT2D eigenvalue weighted by molar-refractivity contribution is 5.79. The molecule has 5 heteroatoms. The lowest BCUT2D eigenvalue weighted by molar-refractivity contribution is -0.127. The number of hydrogen-bond donors (Lipinski definition) is 3. The summed E-state index contributed by atoms with van der Waals surface area (Å²) < 4.78 is 0. The number of nitrogens with one attached hydrogen (secondary N) is 2. The zero-order valence-corrected chi connectivity index (χ0v) is 14.5. The fraction of sp³-hybridized carbons (Fsp3) is 0.600. The normalized spacial score (nSPS) is 33.7. The van der Waals surface area contributed by atoms with Crippen molar-refractivity contribution >= 4 is 11.9 Å². The summed E-state index contributed by atoms with van der Waals surface area (Å²) in [6.45, 7) is 0. The minimum atomic E-state index is -0.601. The molecule has 25 heavy (non-hydrogen) atoms. The van der Waals surface area contributed by atoms with Crippen LogP contribution in [0.4, 0.5) is 4.79 Å². The van der Waals surface area contributed by atoms with Gasteiger partial charge in [-0.2, -0.15) is 0 Å². The molecule has 3 amide bonds. The Balaban J connectivity index is 1.44. The van der Waals surface area contributed by atoms with E-state index in [-0.39, 0.29) is 23.9 Å². The highest BCUT2D eigenvalue weighted by Gasteiger charge is 2.51. The lowest BCUT2D eigenvalue weighted by Gasteiger charge is -2.57. The molecular weight excluding hydrogens is 314 g/mol. The number of carbonyl (C=O) groups excluding carboxylic acids is 2. The molecular formula is C20H27N3O2. The molecule has 1 aromatic carbocycles. The van der Waals surface area contributed by atoms with Crippen molar-refractivity contribution in [3.8, 4) is 0 Å². The minimum Gasteiger partial charge on any atom is -0.352 e. The van der Waals surface area contributed by atoms with E-state index in [0.29, 0.717) is 0 Å². The molecule has 0 saturated heterocycles. The van der Waals surface area contributed by atoms with Crippen LogP contribution in [0, 0.1) is 17.8 Å². The summed E-state index contributed by atoms with van der Waals surface area (Å²) in [7, 11) is 0. The van der Waals surface area contributed by atoms with Gasteiger partial charge in [-0.1, -0.05) is 30.3 Å². The molecule has 0 spiro atoms. The molecule has 134 valence electrons. The second kappa shape index (κ2) is 6.36. The summed E-state index contributed by atoms with van der Waals surface area (Å²) in [6, 6.07) is 8.57. The first-order valence-corrected chi connectivity index (χ1v) is 9.43. The Hall–Kier alpha value is -2.04. The molecule has 4 bridgehead atoms. The molecule has 1 unspecified atom stereocenters. The largest absolute Gasteiger partial charge is 0.352 e. The maximum atomic E-state index is 12.8. The quantitative estimate of drug-likeness (QED) is 0.769. The number of urea groups is 1. The van der Waals surface area contributed by atoms with Crippen molar-refractivity contribution in [2.75, 3.05) is 0 Å². The molecule has 0 heterocycles. The van der Waals surface area contributed by atoms with Crippen LogP contribution in [0.5, 0.6) is 0 Å². The van der Waals surface area contributed by atoms with Crippen LogP contribution in [0.1, 0.15) is 56.6 Å². The van der Waals surface area contributed by atoms with E-state index in [4.69, 9.17) is 5.73 Å². The minimum absolute atomic E-state index is 0.000204. The van der Waals surface area contributed by atoms with Crippen molar-refractivity contribution in [2.24, 2.45) is 23.5 Å². The summed E-state index contributed by atoms with van der Waals surface area (Å²) in [6.07, 6.45) is 7.67. The van der Waals surface area contributed by atoms with Crippen LogP contribution in [-0.2, 0) is 4.79 Å². The van der Waals surface area contributed by atoms with E-state index >= 15 is 0 Å². The molecule has 5 nitrogen and oxygen atoms in total. The van der Waals surface area contributed by atoms with Crippen LogP contribution in [0.15, 0.2) is 30.3 Å². The monoisotopic (exact) mass is 341 g/mol. The van der Waals surface area contributed by atoms with Crippen LogP contribution >= 0.6 is 0 Å². The average Bonchev–Trinajstić information content (AvgIpc) is 2.52. The molecule has 1 atom stereocenters. The number of rotatable bonds is 5. The van der Waals surface area contributed by atoms with Gasteiger partial charge in [0.2, 0.25) is 5.91 Å². The molecule has 0 aromatic heterocycles. The van der Waals surface area contributed by atoms with Crippen LogP contribution in [0.2, 0.25) is 0 Å². The molecule has 0 radical (unpaired) electrons. The van der Waals surface area contributed by atoms with Crippen molar-refractivity contribution in [1.82, 2.24) is 10.6 Å². The van der Waals surface area contributed by atoms with Gasteiger partial charge < -0.3 is 16.4 Å². The lowest BCUT2D eigenvalue weighted by Crippen LogP contribution is -2.60. The van der Waals surface area contributed by atoms with Crippen molar-refractivity contribution in [1.29, 1.82) is 0 Å². The van der Waals surface area contributed by atoms with E-state index in [2.05, 4.69) is 10.6 Å². The first-order chi connectivity index (χ1) is 12.0. The highest BCUT2D eigenvalue weighted by atomic mass is 16.2. The van der Waals surface area contributed by atoms with Gasteiger partial charge in [0.25, 0.3) is 0 Å². The third-order valence-corrected chi connectivity index (χ3v) is 6.35. The Labute approximate surface area is 148 Å². The maximum absolute atomic E-state index is 12.8. The molecule has 4 saturated carbocycles. The van der Waals surface area contributed by atoms with E-state index in [1.165, 1.54) is 19.3 Å². The summed E-state index contributed by atoms with van der Waals surface area (Å²) in [5.74, 6) is 2.39. The lowest BCUT2D eigenvalue weighted by atomic mass is 9.53. The Bertz CT molecular complexity index is 623. The van der Waals surface area contributed by atoms with Gasteiger partial charge >= 0.3 is 6.03 Å². The third-order valence-electron chi connectivity index (χ3n) is 6.35. The second-order valence-electron chi connectivity index (χ2n) is 8.42. The third kappa shape index (κ3) is 3.51. The highest BCUT2D eigenvalue weighted by Crippen LogP contribution is 2.55. The maximum Gasteiger partial charge on any atom is 0.312 e. The van der Waals surface area contributed by atoms with Gasteiger partial charge in [0.1, 0.15) is 0 Å². The van der Waals surface area contributed by atoms with Crippen LogP contribution < -0.4 is 16.4 Å². The Kier molecular flexibility index (Phi) is 4.18. The van der Waals surface area contributed by atoms with Crippen LogP contribution in [0.3, 0.4) is 0 Å². The van der Waals surface area contributed by atoms with Crippen molar-refractivity contribution < 1.29 is 9.59 Å². The number of nitrogens with two attached hydrogens (primary N) is 1. The summed E-state index contributed by atoms with van der Waals surface area (Å²) in [5.41, 5.74) is 6.22. The Morgan fingerprint density at radius 2 is 1.60 bits per heavy atom. The van der Waals surface area contributed by atoms with Gasteiger partial charge in [-0.25, -0.2) is 4.79 Å². The van der Waals surface area contributed by atoms with Crippen LogP contribution in [0.25, 0.3) is 0 Å².